The fourth-order valence-corrected chi connectivity index (χ4v) is 2.73. The molecule has 1 rings (SSSR count). The van der Waals surface area contributed by atoms with Gasteiger partial charge in [0.05, 0.1) is 18.2 Å². The summed E-state index contributed by atoms with van der Waals surface area (Å²) in [6, 6.07) is 0.106. The Bertz CT molecular complexity index is 188. The van der Waals surface area contributed by atoms with E-state index in [1.54, 1.807) is 0 Å². The van der Waals surface area contributed by atoms with Crippen LogP contribution in [0.25, 0.3) is 0 Å². The van der Waals surface area contributed by atoms with Crippen LogP contribution in [0.5, 0.6) is 0 Å². The molecule has 0 aliphatic heterocycles. The largest absolute Gasteiger partial charge is 0.380 e. The zero-order valence-electron chi connectivity index (χ0n) is 11.3. The second-order valence-electron chi connectivity index (χ2n) is 4.85. The first-order valence-corrected chi connectivity index (χ1v) is 6.97. The number of hydrogen-bond donors (Lipinski definition) is 2. The minimum Gasteiger partial charge on any atom is -0.380 e. The molecule has 0 aromatic rings. The molecule has 0 radical (unpaired) electrons. The molecule has 1 atom stereocenters. The highest BCUT2D eigenvalue weighted by Gasteiger charge is 2.40. The van der Waals surface area contributed by atoms with E-state index >= 15 is 0 Å². The fraction of sp³-hybridized carbons (Fsp3) is 1.00. The van der Waals surface area contributed by atoms with Gasteiger partial charge >= 0.3 is 0 Å². The normalized spacial score (nSPS) is 21.4. The summed E-state index contributed by atoms with van der Waals surface area (Å²) in [6.07, 6.45) is 6.98. The van der Waals surface area contributed by atoms with E-state index in [1.807, 2.05) is 0 Å². The van der Waals surface area contributed by atoms with E-state index in [0.29, 0.717) is 6.61 Å². The lowest BCUT2D eigenvalue weighted by Crippen LogP contribution is -2.58. The lowest BCUT2D eigenvalue weighted by Gasteiger charge is -2.42. The van der Waals surface area contributed by atoms with Crippen LogP contribution in [0.3, 0.4) is 0 Å². The number of nitrogens with two attached hydrogens (primary N) is 1. The van der Waals surface area contributed by atoms with Crippen LogP contribution in [0.15, 0.2) is 0 Å². The molecule has 0 amide bonds. The smallest absolute Gasteiger partial charge is 0.0870 e. The highest BCUT2D eigenvalue weighted by atomic mass is 16.5. The zero-order valence-corrected chi connectivity index (χ0v) is 11.3. The van der Waals surface area contributed by atoms with Crippen molar-refractivity contribution in [1.29, 1.82) is 0 Å². The van der Waals surface area contributed by atoms with Crippen molar-refractivity contribution in [3.8, 4) is 0 Å². The van der Waals surface area contributed by atoms with Gasteiger partial charge in [0.25, 0.3) is 0 Å². The molecule has 1 aliphatic carbocycles. The van der Waals surface area contributed by atoms with E-state index < -0.39 is 0 Å². The highest BCUT2D eigenvalue weighted by molar-refractivity contribution is 4.94. The fourth-order valence-electron chi connectivity index (χ4n) is 2.73. The van der Waals surface area contributed by atoms with E-state index in [4.69, 9.17) is 15.3 Å². The van der Waals surface area contributed by atoms with Gasteiger partial charge in [-0.25, -0.2) is 0 Å². The molecule has 0 bridgehead atoms. The van der Waals surface area contributed by atoms with Crippen LogP contribution < -0.4 is 11.3 Å². The average Bonchev–Trinajstić information content (AvgIpc) is 2.36. The van der Waals surface area contributed by atoms with E-state index in [0.717, 1.165) is 32.5 Å². The van der Waals surface area contributed by atoms with E-state index in [1.165, 1.54) is 19.3 Å². The monoisotopic (exact) mass is 244 g/mol. The van der Waals surface area contributed by atoms with Crippen LogP contribution >= 0.6 is 0 Å². The summed E-state index contributed by atoms with van der Waals surface area (Å²) < 4.78 is 11.7. The third-order valence-electron chi connectivity index (χ3n) is 3.60. The molecule has 0 aromatic heterocycles. The minimum atomic E-state index is -0.116. The number of rotatable bonds is 8. The molecular weight excluding hydrogens is 216 g/mol. The Morgan fingerprint density at radius 3 is 2.47 bits per heavy atom. The molecule has 4 nitrogen and oxygen atoms in total. The van der Waals surface area contributed by atoms with Gasteiger partial charge in [0.2, 0.25) is 0 Å². The van der Waals surface area contributed by atoms with Gasteiger partial charge in [-0.15, -0.1) is 0 Å². The van der Waals surface area contributed by atoms with Crippen LogP contribution in [0.4, 0.5) is 0 Å². The standard InChI is InChI=1S/C13H28N2O2/c1-3-10-16-11-12(15-14)13(17-4-2)8-6-5-7-9-13/h12,15H,3-11,14H2,1-2H3. The molecule has 0 saturated heterocycles. The Balaban J connectivity index is 2.57. The van der Waals surface area contributed by atoms with Gasteiger partial charge in [0.15, 0.2) is 0 Å². The quantitative estimate of drug-likeness (QED) is 0.389. The van der Waals surface area contributed by atoms with E-state index in [2.05, 4.69) is 19.3 Å². The van der Waals surface area contributed by atoms with Gasteiger partial charge in [-0.1, -0.05) is 26.2 Å². The summed E-state index contributed by atoms with van der Waals surface area (Å²) in [4.78, 5) is 0. The first kappa shape index (κ1) is 14.9. The molecule has 4 heteroatoms. The van der Waals surface area contributed by atoms with Crippen molar-refractivity contribution in [3.05, 3.63) is 0 Å². The van der Waals surface area contributed by atoms with Gasteiger partial charge in [0, 0.05) is 13.2 Å². The first-order valence-electron chi connectivity index (χ1n) is 6.97. The topological polar surface area (TPSA) is 56.5 Å². The molecule has 1 unspecified atom stereocenters. The van der Waals surface area contributed by atoms with Gasteiger partial charge in [-0.3, -0.25) is 11.3 Å². The van der Waals surface area contributed by atoms with Gasteiger partial charge in [0.1, 0.15) is 0 Å². The lowest BCUT2D eigenvalue weighted by atomic mass is 9.79. The summed E-state index contributed by atoms with van der Waals surface area (Å²) in [5, 5.41) is 0. The predicted octanol–water partition coefficient (Wildman–Crippen LogP) is 1.98. The van der Waals surface area contributed by atoms with Crippen molar-refractivity contribution in [1.82, 2.24) is 5.43 Å². The second-order valence-corrected chi connectivity index (χ2v) is 4.85. The Hall–Kier alpha value is -0.160. The maximum absolute atomic E-state index is 6.03. The first-order chi connectivity index (χ1) is 8.29. The maximum Gasteiger partial charge on any atom is 0.0870 e. The van der Waals surface area contributed by atoms with Gasteiger partial charge in [-0.05, 0) is 26.2 Å². The summed E-state index contributed by atoms with van der Waals surface area (Å²) in [5.74, 6) is 5.69. The second kappa shape index (κ2) is 8.03. The maximum atomic E-state index is 6.03. The van der Waals surface area contributed by atoms with Crippen molar-refractivity contribution < 1.29 is 9.47 Å². The van der Waals surface area contributed by atoms with E-state index in [-0.39, 0.29) is 11.6 Å². The van der Waals surface area contributed by atoms with Crippen LogP contribution in [-0.2, 0) is 9.47 Å². The van der Waals surface area contributed by atoms with Crippen LogP contribution in [-0.4, -0.2) is 31.5 Å². The van der Waals surface area contributed by atoms with Crippen molar-refractivity contribution in [2.75, 3.05) is 19.8 Å². The Labute approximate surface area is 105 Å². The summed E-state index contributed by atoms with van der Waals surface area (Å²) in [5.41, 5.74) is 2.79. The number of hydrazine groups is 1. The zero-order chi connectivity index (χ0) is 12.6. The third kappa shape index (κ3) is 4.21. The molecule has 0 heterocycles. The lowest BCUT2D eigenvalue weighted by molar-refractivity contribution is -0.105. The summed E-state index contributed by atoms with van der Waals surface area (Å²) in [6.45, 7) is 6.34. The van der Waals surface area contributed by atoms with Crippen molar-refractivity contribution in [2.24, 2.45) is 5.84 Å². The Morgan fingerprint density at radius 1 is 1.24 bits per heavy atom. The molecule has 1 aliphatic rings. The van der Waals surface area contributed by atoms with Crippen molar-refractivity contribution in [3.63, 3.8) is 0 Å². The average molecular weight is 244 g/mol. The van der Waals surface area contributed by atoms with Crippen LogP contribution in [0.1, 0.15) is 52.4 Å². The molecule has 1 saturated carbocycles. The molecule has 102 valence electrons. The van der Waals surface area contributed by atoms with Crippen LogP contribution in [0.2, 0.25) is 0 Å². The predicted molar refractivity (Wildman–Crippen MR) is 69.7 cm³/mol. The number of hydrogen-bond acceptors (Lipinski definition) is 4. The minimum absolute atomic E-state index is 0.106. The molecular formula is C13H28N2O2. The molecule has 0 aromatic carbocycles. The van der Waals surface area contributed by atoms with Crippen molar-refractivity contribution >= 4 is 0 Å². The Kier molecular flexibility index (Phi) is 7.04. The van der Waals surface area contributed by atoms with Crippen LogP contribution in [0, 0.1) is 0 Å². The number of ether oxygens (including phenoxy) is 2. The number of nitrogens with one attached hydrogen (secondary N) is 1. The summed E-state index contributed by atoms with van der Waals surface area (Å²) >= 11 is 0. The van der Waals surface area contributed by atoms with Crippen molar-refractivity contribution in [2.45, 2.75) is 64.0 Å². The SMILES string of the molecule is CCCOCC(NN)C1(OCC)CCCCC1. The molecule has 0 spiro atoms. The third-order valence-corrected chi connectivity index (χ3v) is 3.60. The Morgan fingerprint density at radius 2 is 1.94 bits per heavy atom. The highest BCUT2D eigenvalue weighted by Crippen LogP contribution is 2.34. The molecule has 3 N–H and O–H groups in total. The molecule has 1 fully saturated rings. The summed E-state index contributed by atoms with van der Waals surface area (Å²) in [7, 11) is 0. The van der Waals surface area contributed by atoms with Gasteiger partial charge < -0.3 is 9.47 Å². The molecule has 17 heavy (non-hydrogen) atoms. The van der Waals surface area contributed by atoms with Gasteiger partial charge in [-0.2, -0.15) is 0 Å². The van der Waals surface area contributed by atoms with E-state index in [9.17, 15) is 0 Å².